The number of hydrogen-bond donors (Lipinski definition) is 2. The van der Waals surface area contributed by atoms with Gasteiger partial charge in [-0.1, -0.05) is 56.0 Å². The molecule has 0 aliphatic heterocycles. The smallest absolute Gasteiger partial charge is 0.234 e. The summed E-state index contributed by atoms with van der Waals surface area (Å²) in [6.07, 6.45) is 7.84. The van der Waals surface area contributed by atoms with E-state index in [1.54, 1.807) is 12.1 Å². The van der Waals surface area contributed by atoms with Gasteiger partial charge in [-0.05, 0) is 37.0 Å². The van der Waals surface area contributed by atoms with E-state index in [2.05, 4.69) is 20.2 Å². The maximum absolute atomic E-state index is 12.2. The van der Waals surface area contributed by atoms with E-state index in [4.69, 9.17) is 0 Å². The van der Waals surface area contributed by atoms with Crippen LogP contribution in [0.15, 0.2) is 42.5 Å². The Hall–Kier alpha value is -2.15. The molecule has 0 unspecified atom stereocenters. The molecular formula is C19H26N4O2S. The number of nitrogens with zero attached hydrogens (tertiary/aromatic N) is 2. The van der Waals surface area contributed by atoms with Gasteiger partial charge in [0.25, 0.3) is 0 Å². The number of anilines is 2. The molecule has 1 aliphatic carbocycles. The Morgan fingerprint density at radius 3 is 2.19 bits per heavy atom. The van der Waals surface area contributed by atoms with E-state index in [9.17, 15) is 8.42 Å². The van der Waals surface area contributed by atoms with Crippen molar-refractivity contribution in [3.8, 4) is 0 Å². The summed E-state index contributed by atoms with van der Waals surface area (Å²) in [6.45, 7) is 0. The average Bonchev–Trinajstić information content (AvgIpc) is 2.91. The van der Waals surface area contributed by atoms with Crippen molar-refractivity contribution in [1.82, 2.24) is 10.2 Å². The first-order chi connectivity index (χ1) is 12.6. The zero-order valence-corrected chi connectivity index (χ0v) is 15.7. The fourth-order valence-corrected chi connectivity index (χ4v) is 4.24. The molecule has 0 saturated heterocycles. The van der Waals surface area contributed by atoms with Crippen LogP contribution in [0.1, 0.15) is 44.1 Å². The largest absolute Gasteiger partial charge is 0.366 e. The molecule has 0 radical (unpaired) electrons. The first kappa shape index (κ1) is 18.6. The second-order valence-electron chi connectivity index (χ2n) is 6.79. The Balaban J connectivity index is 1.52. The molecule has 140 valence electrons. The number of nitrogens with one attached hydrogen (secondary N) is 2. The van der Waals surface area contributed by atoms with Gasteiger partial charge < -0.3 is 5.32 Å². The van der Waals surface area contributed by atoms with Crippen molar-refractivity contribution in [1.29, 1.82) is 0 Å². The number of aromatic nitrogens is 2. The third kappa shape index (κ3) is 5.98. The molecule has 1 aromatic carbocycles. The van der Waals surface area contributed by atoms with Crippen LogP contribution in [0, 0.1) is 0 Å². The van der Waals surface area contributed by atoms with Crippen LogP contribution in [0.25, 0.3) is 0 Å². The van der Waals surface area contributed by atoms with Gasteiger partial charge in [0.2, 0.25) is 10.0 Å². The van der Waals surface area contributed by atoms with E-state index in [0.717, 1.165) is 18.4 Å². The van der Waals surface area contributed by atoms with E-state index in [0.29, 0.717) is 18.3 Å². The van der Waals surface area contributed by atoms with E-state index < -0.39 is 10.0 Å². The number of sulfonamides is 1. The van der Waals surface area contributed by atoms with Crippen molar-refractivity contribution in [2.24, 2.45) is 0 Å². The van der Waals surface area contributed by atoms with Gasteiger partial charge in [-0.3, -0.25) is 4.72 Å². The summed E-state index contributed by atoms with van der Waals surface area (Å²) >= 11 is 0. The lowest BCUT2D eigenvalue weighted by molar-refractivity contribution is 0.600. The molecule has 1 saturated carbocycles. The second-order valence-corrected chi connectivity index (χ2v) is 8.64. The van der Waals surface area contributed by atoms with Crippen molar-refractivity contribution in [3.05, 3.63) is 48.0 Å². The highest BCUT2D eigenvalue weighted by Crippen LogP contribution is 2.20. The summed E-state index contributed by atoms with van der Waals surface area (Å²) < 4.78 is 26.9. The van der Waals surface area contributed by atoms with Gasteiger partial charge in [-0.2, -0.15) is 0 Å². The van der Waals surface area contributed by atoms with Crippen molar-refractivity contribution in [2.75, 3.05) is 15.8 Å². The van der Waals surface area contributed by atoms with Crippen LogP contribution in [-0.4, -0.2) is 30.4 Å². The Kier molecular flexibility index (Phi) is 6.44. The van der Waals surface area contributed by atoms with Gasteiger partial charge >= 0.3 is 0 Å². The maximum Gasteiger partial charge on any atom is 0.234 e. The molecule has 0 amide bonds. The molecule has 7 heteroatoms. The van der Waals surface area contributed by atoms with Crippen LogP contribution >= 0.6 is 0 Å². The fraction of sp³-hybridized carbons (Fsp3) is 0.474. The van der Waals surface area contributed by atoms with Crippen molar-refractivity contribution < 1.29 is 8.42 Å². The van der Waals surface area contributed by atoms with Gasteiger partial charge in [0.1, 0.15) is 5.82 Å². The van der Waals surface area contributed by atoms with Gasteiger partial charge in [0.15, 0.2) is 5.82 Å². The normalized spacial score (nSPS) is 16.0. The molecule has 6 nitrogen and oxygen atoms in total. The number of aryl methyl sites for hydroxylation is 1. The predicted octanol–water partition coefficient (Wildman–Crippen LogP) is 3.60. The van der Waals surface area contributed by atoms with Crippen LogP contribution in [0.4, 0.5) is 11.6 Å². The summed E-state index contributed by atoms with van der Waals surface area (Å²) in [6, 6.07) is 13.4. The third-order valence-corrected chi connectivity index (χ3v) is 5.90. The molecule has 1 aromatic heterocycles. The van der Waals surface area contributed by atoms with Crippen LogP contribution in [-0.2, 0) is 16.4 Å². The van der Waals surface area contributed by atoms with E-state index >= 15 is 0 Å². The zero-order valence-electron chi connectivity index (χ0n) is 14.9. The fourth-order valence-electron chi connectivity index (χ4n) is 3.20. The SMILES string of the molecule is O=S(=O)(CCc1ccccc1)Nc1ccc(NC2CCCCCC2)nn1. The highest BCUT2D eigenvalue weighted by Gasteiger charge is 2.14. The summed E-state index contributed by atoms with van der Waals surface area (Å²) in [5.41, 5.74) is 0.993. The van der Waals surface area contributed by atoms with Crippen LogP contribution in [0.5, 0.6) is 0 Å². The standard InChI is InChI=1S/C19H26N4O2S/c24-26(25,15-14-16-8-4-3-5-9-16)23-19-13-12-18(21-22-19)20-17-10-6-1-2-7-11-17/h3-5,8-9,12-13,17H,1-2,6-7,10-11,14-15H2,(H,20,21)(H,22,23). The predicted molar refractivity (Wildman–Crippen MR) is 105 cm³/mol. The minimum atomic E-state index is -3.45. The van der Waals surface area contributed by atoms with Gasteiger partial charge in [-0.25, -0.2) is 8.42 Å². The summed E-state index contributed by atoms with van der Waals surface area (Å²) in [4.78, 5) is 0. The first-order valence-corrected chi connectivity index (χ1v) is 10.9. The number of rotatable bonds is 7. The van der Waals surface area contributed by atoms with Crippen molar-refractivity contribution in [3.63, 3.8) is 0 Å². The first-order valence-electron chi connectivity index (χ1n) is 9.25. The molecule has 2 N–H and O–H groups in total. The molecule has 3 rings (SSSR count). The van der Waals surface area contributed by atoms with Gasteiger partial charge in [0, 0.05) is 6.04 Å². The van der Waals surface area contributed by atoms with Crippen molar-refractivity contribution >= 4 is 21.7 Å². The third-order valence-electron chi connectivity index (χ3n) is 4.63. The highest BCUT2D eigenvalue weighted by atomic mass is 32.2. The summed E-state index contributed by atoms with van der Waals surface area (Å²) in [5, 5.41) is 11.5. The Bertz CT molecular complexity index is 771. The van der Waals surface area contributed by atoms with Crippen LogP contribution < -0.4 is 10.0 Å². The van der Waals surface area contributed by atoms with Gasteiger partial charge in [0.05, 0.1) is 5.75 Å². The molecule has 0 bridgehead atoms. The monoisotopic (exact) mass is 374 g/mol. The van der Waals surface area contributed by atoms with E-state index in [1.165, 1.54) is 25.7 Å². The number of benzene rings is 1. The highest BCUT2D eigenvalue weighted by molar-refractivity contribution is 7.92. The molecular weight excluding hydrogens is 348 g/mol. The minimum Gasteiger partial charge on any atom is -0.366 e. The summed E-state index contributed by atoms with van der Waals surface area (Å²) in [5.74, 6) is 0.967. The van der Waals surface area contributed by atoms with Crippen LogP contribution in [0.2, 0.25) is 0 Å². The van der Waals surface area contributed by atoms with E-state index in [1.807, 2.05) is 30.3 Å². The quantitative estimate of drug-likeness (QED) is 0.724. The second kappa shape index (κ2) is 8.98. The van der Waals surface area contributed by atoms with E-state index in [-0.39, 0.29) is 11.6 Å². The molecule has 1 fully saturated rings. The Labute approximate surface area is 155 Å². The topological polar surface area (TPSA) is 84.0 Å². The summed E-state index contributed by atoms with van der Waals surface area (Å²) in [7, 11) is -3.45. The molecule has 0 spiro atoms. The number of hydrogen-bond acceptors (Lipinski definition) is 5. The molecule has 1 heterocycles. The lowest BCUT2D eigenvalue weighted by Crippen LogP contribution is -2.21. The maximum atomic E-state index is 12.2. The molecule has 1 aliphatic rings. The lowest BCUT2D eigenvalue weighted by atomic mass is 10.1. The van der Waals surface area contributed by atoms with Crippen LogP contribution in [0.3, 0.4) is 0 Å². The minimum absolute atomic E-state index is 0.0147. The van der Waals surface area contributed by atoms with Gasteiger partial charge in [-0.15, -0.1) is 10.2 Å². The Morgan fingerprint density at radius 2 is 1.54 bits per heavy atom. The molecule has 2 aromatic rings. The zero-order chi connectivity index (χ0) is 18.2. The molecule has 26 heavy (non-hydrogen) atoms. The van der Waals surface area contributed by atoms with Crippen molar-refractivity contribution in [2.45, 2.75) is 51.0 Å². The average molecular weight is 375 g/mol. The molecule has 0 atom stereocenters. The lowest BCUT2D eigenvalue weighted by Gasteiger charge is -2.16. The Morgan fingerprint density at radius 1 is 0.885 bits per heavy atom.